The lowest BCUT2D eigenvalue weighted by Gasteiger charge is -2.11. The Balaban J connectivity index is 3.68. The van der Waals surface area contributed by atoms with Crippen LogP contribution in [0.1, 0.15) is 13.3 Å². The van der Waals surface area contributed by atoms with E-state index in [0.29, 0.717) is 13.0 Å². The number of hydrogen-bond donors (Lipinski definition) is 1. The molecule has 1 amide bonds. The Morgan fingerprint density at radius 3 is 2.62 bits per heavy atom. The predicted octanol–water partition coefficient (Wildman–Crippen LogP) is 0.214. The van der Waals surface area contributed by atoms with Gasteiger partial charge in [0.25, 0.3) is 0 Å². The molecule has 0 radical (unpaired) electrons. The van der Waals surface area contributed by atoms with E-state index in [1.54, 1.807) is 0 Å². The second-order valence-corrected chi connectivity index (χ2v) is 3.18. The van der Waals surface area contributed by atoms with Gasteiger partial charge in [-0.2, -0.15) is 5.26 Å². The first kappa shape index (κ1) is 11.9. The van der Waals surface area contributed by atoms with E-state index in [9.17, 15) is 4.79 Å². The second kappa shape index (κ2) is 6.44. The number of carbonyl (C=O) groups is 1. The number of nitrogens with zero attached hydrogens (tertiary/aromatic N) is 2. The maximum Gasteiger partial charge on any atom is 0.237 e. The smallest absolute Gasteiger partial charge is 0.237 e. The maximum atomic E-state index is 11.2. The molecule has 0 aliphatic carbocycles. The van der Waals surface area contributed by atoms with Crippen molar-refractivity contribution in [3.8, 4) is 6.07 Å². The monoisotopic (exact) mass is 183 g/mol. The number of rotatable bonds is 5. The molecule has 0 aliphatic rings. The van der Waals surface area contributed by atoms with E-state index in [0.717, 1.165) is 6.54 Å². The van der Waals surface area contributed by atoms with E-state index in [4.69, 9.17) is 5.26 Å². The Bertz CT molecular complexity index is 196. The third-order valence-electron chi connectivity index (χ3n) is 1.74. The van der Waals surface area contributed by atoms with E-state index in [1.165, 1.54) is 0 Å². The van der Waals surface area contributed by atoms with Crippen LogP contribution in [0.2, 0.25) is 0 Å². The van der Waals surface area contributed by atoms with Crippen molar-refractivity contribution in [1.29, 1.82) is 5.26 Å². The molecule has 1 unspecified atom stereocenters. The lowest BCUT2D eigenvalue weighted by atomic mass is 10.1. The summed E-state index contributed by atoms with van der Waals surface area (Å²) in [5.74, 6) is -0.658. The summed E-state index contributed by atoms with van der Waals surface area (Å²) in [4.78, 5) is 13.2. The molecular formula is C9H17N3O. The molecule has 13 heavy (non-hydrogen) atoms. The summed E-state index contributed by atoms with van der Waals surface area (Å²) in [6, 6.07) is 1.96. The van der Waals surface area contributed by atoms with Gasteiger partial charge in [0.05, 0.1) is 6.07 Å². The van der Waals surface area contributed by atoms with E-state index in [-0.39, 0.29) is 5.91 Å². The van der Waals surface area contributed by atoms with Gasteiger partial charge >= 0.3 is 0 Å². The summed E-state index contributed by atoms with van der Waals surface area (Å²) < 4.78 is 0. The summed E-state index contributed by atoms with van der Waals surface area (Å²) in [5, 5.41) is 11.3. The molecule has 74 valence electrons. The Labute approximate surface area is 79.5 Å². The van der Waals surface area contributed by atoms with Gasteiger partial charge in [-0.05, 0) is 20.5 Å². The number of nitriles is 1. The van der Waals surface area contributed by atoms with Gasteiger partial charge in [0.1, 0.15) is 5.92 Å². The molecule has 4 nitrogen and oxygen atoms in total. The van der Waals surface area contributed by atoms with Crippen LogP contribution in [0, 0.1) is 17.2 Å². The SMILES string of the molecule is CCC(C#N)C(=O)NCCN(C)C. The average molecular weight is 183 g/mol. The molecule has 0 rings (SSSR count). The fourth-order valence-electron chi connectivity index (χ4n) is 0.861. The van der Waals surface area contributed by atoms with Crippen molar-refractivity contribution in [3.05, 3.63) is 0 Å². The van der Waals surface area contributed by atoms with Gasteiger partial charge in [-0.25, -0.2) is 0 Å². The lowest BCUT2D eigenvalue weighted by molar-refractivity contribution is -0.123. The van der Waals surface area contributed by atoms with Crippen LogP contribution in [0.5, 0.6) is 0 Å². The van der Waals surface area contributed by atoms with Crippen LogP contribution < -0.4 is 5.32 Å². The number of amides is 1. The van der Waals surface area contributed by atoms with Crippen molar-refractivity contribution in [2.75, 3.05) is 27.2 Å². The Morgan fingerprint density at radius 1 is 1.62 bits per heavy atom. The third kappa shape index (κ3) is 5.21. The summed E-state index contributed by atoms with van der Waals surface area (Å²) >= 11 is 0. The first-order valence-corrected chi connectivity index (χ1v) is 4.43. The Hall–Kier alpha value is -1.08. The van der Waals surface area contributed by atoms with Crippen LogP contribution in [0.3, 0.4) is 0 Å². The van der Waals surface area contributed by atoms with E-state index < -0.39 is 5.92 Å². The third-order valence-corrected chi connectivity index (χ3v) is 1.74. The fourth-order valence-corrected chi connectivity index (χ4v) is 0.861. The molecule has 0 aromatic carbocycles. The predicted molar refractivity (Wildman–Crippen MR) is 51.0 cm³/mol. The Kier molecular flexibility index (Phi) is 5.90. The number of hydrogen-bond acceptors (Lipinski definition) is 3. The van der Waals surface area contributed by atoms with Crippen LogP contribution in [-0.2, 0) is 4.79 Å². The van der Waals surface area contributed by atoms with Crippen molar-refractivity contribution in [2.24, 2.45) is 5.92 Å². The molecule has 0 aromatic rings. The molecule has 0 spiro atoms. The maximum absolute atomic E-state index is 11.2. The number of carbonyl (C=O) groups excluding carboxylic acids is 1. The highest BCUT2D eigenvalue weighted by molar-refractivity contribution is 5.80. The molecule has 0 fully saturated rings. The van der Waals surface area contributed by atoms with Gasteiger partial charge in [-0.15, -0.1) is 0 Å². The van der Waals surface area contributed by atoms with Crippen molar-refractivity contribution < 1.29 is 4.79 Å². The van der Waals surface area contributed by atoms with E-state index >= 15 is 0 Å². The highest BCUT2D eigenvalue weighted by atomic mass is 16.1. The van der Waals surface area contributed by atoms with Gasteiger partial charge in [0.15, 0.2) is 0 Å². The second-order valence-electron chi connectivity index (χ2n) is 3.18. The van der Waals surface area contributed by atoms with Gasteiger partial charge in [-0.1, -0.05) is 6.92 Å². The largest absolute Gasteiger partial charge is 0.354 e. The first-order chi connectivity index (χ1) is 6.11. The molecule has 0 aromatic heterocycles. The van der Waals surface area contributed by atoms with Crippen molar-refractivity contribution in [3.63, 3.8) is 0 Å². The minimum atomic E-state index is -0.498. The summed E-state index contributed by atoms with van der Waals surface area (Å²) in [6.45, 7) is 3.23. The lowest BCUT2D eigenvalue weighted by Crippen LogP contribution is -2.34. The standard InChI is InChI=1S/C9H17N3O/c1-4-8(7-10)9(13)11-5-6-12(2)3/h8H,4-6H2,1-3H3,(H,11,13). The molecule has 0 heterocycles. The van der Waals surface area contributed by atoms with Crippen LogP contribution in [0.25, 0.3) is 0 Å². The topological polar surface area (TPSA) is 56.1 Å². The molecule has 1 atom stereocenters. The highest BCUT2D eigenvalue weighted by Gasteiger charge is 2.13. The first-order valence-electron chi connectivity index (χ1n) is 4.43. The molecule has 0 saturated heterocycles. The van der Waals surface area contributed by atoms with E-state index in [2.05, 4.69) is 5.32 Å². The summed E-state index contributed by atoms with van der Waals surface area (Å²) in [5.41, 5.74) is 0. The summed E-state index contributed by atoms with van der Waals surface area (Å²) in [7, 11) is 3.88. The highest BCUT2D eigenvalue weighted by Crippen LogP contribution is 1.99. The minimum Gasteiger partial charge on any atom is -0.354 e. The zero-order chi connectivity index (χ0) is 10.3. The van der Waals surface area contributed by atoms with Crippen molar-refractivity contribution in [1.82, 2.24) is 10.2 Å². The average Bonchev–Trinajstić information content (AvgIpc) is 2.05. The molecule has 0 aliphatic heterocycles. The zero-order valence-electron chi connectivity index (χ0n) is 8.50. The van der Waals surface area contributed by atoms with Gasteiger partial charge in [0.2, 0.25) is 5.91 Å². The summed E-state index contributed by atoms with van der Waals surface area (Å²) in [6.07, 6.45) is 0.574. The molecule has 0 bridgehead atoms. The van der Waals surface area contributed by atoms with Crippen LogP contribution >= 0.6 is 0 Å². The number of likely N-dealkylation sites (N-methyl/N-ethyl adjacent to an activating group) is 1. The molecule has 0 saturated carbocycles. The quantitative estimate of drug-likeness (QED) is 0.663. The van der Waals surface area contributed by atoms with Crippen molar-refractivity contribution >= 4 is 5.91 Å². The fraction of sp³-hybridized carbons (Fsp3) is 0.778. The van der Waals surface area contributed by atoms with Crippen LogP contribution in [0.4, 0.5) is 0 Å². The molecule has 4 heteroatoms. The van der Waals surface area contributed by atoms with E-state index in [1.807, 2.05) is 32.0 Å². The van der Waals surface area contributed by atoms with Gasteiger partial charge in [0, 0.05) is 13.1 Å². The Morgan fingerprint density at radius 2 is 2.23 bits per heavy atom. The minimum absolute atomic E-state index is 0.160. The van der Waals surface area contributed by atoms with Crippen LogP contribution in [0.15, 0.2) is 0 Å². The van der Waals surface area contributed by atoms with Crippen LogP contribution in [-0.4, -0.2) is 38.0 Å². The number of nitrogens with one attached hydrogen (secondary N) is 1. The molecule has 1 N–H and O–H groups in total. The van der Waals surface area contributed by atoms with Gasteiger partial charge < -0.3 is 10.2 Å². The van der Waals surface area contributed by atoms with Crippen molar-refractivity contribution in [2.45, 2.75) is 13.3 Å². The normalized spacial score (nSPS) is 12.2. The van der Waals surface area contributed by atoms with Gasteiger partial charge in [-0.3, -0.25) is 4.79 Å². The zero-order valence-corrected chi connectivity index (χ0v) is 8.50. The molecular weight excluding hydrogens is 166 g/mol.